The van der Waals surface area contributed by atoms with E-state index in [1.807, 2.05) is 4.90 Å². The number of carbonyl (C=O) groups is 2. The number of nitrogens with zero attached hydrogens (tertiary/aromatic N) is 1. The van der Waals surface area contributed by atoms with Gasteiger partial charge in [-0.15, -0.1) is 0 Å². The molecule has 6 atom stereocenters. The molecule has 26 heavy (non-hydrogen) atoms. The first-order chi connectivity index (χ1) is 12.5. The number of fused-ring (bicyclic) bond motifs is 1. The molecule has 2 amide bonds. The zero-order valence-corrected chi connectivity index (χ0v) is 16.4. The Morgan fingerprint density at radius 2 is 2.00 bits per heavy atom. The van der Waals surface area contributed by atoms with E-state index in [-0.39, 0.29) is 29.8 Å². The standard InChI is InChI=1S/C20H36N4O2/c1-13-5-3-6-15-11-17(22-19(13)15)20(26)23-16-8-10-24(12-14(16)2)18(25)7-4-9-21/h13-17,19,22H,3-12,21H2,1-2H3,(H,23,26)/t13?,14-,15?,16+,17?,19?/m1/s1. The average Bonchev–Trinajstić information content (AvgIpc) is 3.07. The van der Waals surface area contributed by atoms with Crippen molar-refractivity contribution in [2.24, 2.45) is 23.5 Å². The Morgan fingerprint density at radius 1 is 1.19 bits per heavy atom. The lowest BCUT2D eigenvalue weighted by molar-refractivity contribution is -0.133. The number of carbonyl (C=O) groups excluding carboxylic acids is 2. The first-order valence-electron chi connectivity index (χ1n) is 10.5. The third-order valence-electron chi connectivity index (χ3n) is 6.78. The molecule has 3 fully saturated rings. The van der Waals surface area contributed by atoms with Gasteiger partial charge < -0.3 is 21.3 Å². The van der Waals surface area contributed by atoms with Gasteiger partial charge in [-0.05, 0) is 56.4 Å². The van der Waals surface area contributed by atoms with Crippen LogP contribution < -0.4 is 16.4 Å². The zero-order chi connectivity index (χ0) is 18.7. The minimum absolute atomic E-state index is 0.0398. The molecule has 2 aliphatic heterocycles. The maximum absolute atomic E-state index is 12.8. The van der Waals surface area contributed by atoms with Gasteiger partial charge >= 0.3 is 0 Å². The summed E-state index contributed by atoms with van der Waals surface area (Å²) in [4.78, 5) is 26.9. The van der Waals surface area contributed by atoms with Crippen LogP contribution in [-0.2, 0) is 9.59 Å². The number of nitrogens with one attached hydrogen (secondary N) is 2. The molecule has 0 radical (unpaired) electrons. The van der Waals surface area contributed by atoms with Gasteiger partial charge in [0.1, 0.15) is 0 Å². The van der Waals surface area contributed by atoms with Crippen molar-refractivity contribution in [2.45, 2.75) is 76.9 Å². The molecular formula is C20H36N4O2. The van der Waals surface area contributed by atoms with Gasteiger partial charge in [0.2, 0.25) is 11.8 Å². The minimum Gasteiger partial charge on any atom is -0.352 e. The van der Waals surface area contributed by atoms with Gasteiger partial charge in [-0.3, -0.25) is 9.59 Å². The summed E-state index contributed by atoms with van der Waals surface area (Å²) >= 11 is 0. The lowest BCUT2D eigenvalue weighted by atomic mass is 9.78. The Kier molecular flexibility index (Phi) is 6.56. The van der Waals surface area contributed by atoms with Crippen LogP contribution in [0.5, 0.6) is 0 Å². The van der Waals surface area contributed by atoms with Crippen LogP contribution in [0, 0.1) is 17.8 Å². The van der Waals surface area contributed by atoms with Crippen LogP contribution in [0.3, 0.4) is 0 Å². The maximum atomic E-state index is 12.8. The molecule has 2 saturated heterocycles. The molecule has 4 unspecified atom stereocenters. The number of amides is 2. The summed E-state index contributed by atoms with van der Waals surface area (Å²) in [6, 6.07) is 0.642. The van der Waals surface area contributed by atoms with Crippen LogP contribution in [0.15, 0.2) is 0 Å². The quantitative estimate of drug-likeness (QED) is 0.685. The molecule has 3 aliphatic rings. The summed E-state index contributed by atoms with van der Waals surface area (Å²) in [6.45, 7) is 6.47. The minimum atomic E-state index is -0.0398. The molecule has 0 aromatic heterocycles. The Balaban J connectivity index is 1.47. The monoisotopic (exact) mass is 364 g/mol. The van der Waals surface area contributed by atoms with Crippen LogP contribution >= 0.6 is 0 Å². The molecule has 0 aromatic rings. The zero-order valence-electron chi connectivity index (χ0n) is 16.4. The van der Waals surface area contributed by atoms with E-state index in [1.165, 1.54) is 19.3 Å². The van der Waals surface area contributed by atoms with Gasteiger partial charge in [0.25, 0.3) is 0 Å². The molecular weight excluding hydrogens is 328 g/mol. The van der Waals surface area contributed by atoms with Gasteiger partial charge in [0, 0.05) is 31.6 Å². The van der Waals surface area contributed by atoms with E-state index in [9.17, 15) is 9.59 Å². The first kappa shape index (κ1) is 19.6. The largest absolute Gasteiger partial charge is 0.352 e. The van der Waals surface area contributed by atoms with Gasteiger partial charge in [0.15, 0.2) is 0 Å². The van der Waals surface area contributed by atoms with Crippen molar-refractivity contribution < 1.29 is 9.59 Å². The van der Waals surface area contributed by atoms with Crippen LogP contribution in [-0.4, -0.2) is 54.5 Å². The third kappa shape index (κ3) is 4.39. The topological polar surface area (TPSA) is 87.5 Å². The fraction of sp³-hybridized carbons (Fsp3) is 0.900. The van der Waals surface area contributed by atoms with Gasteiger partial charge in [-0.1, -0.05) is 20.3 Å². The predicted molar refractivity (Wildman–Crippen MR) is 102 cm³/mol. The number of rotatable bonds is 5. The molecule has 6 nitrogen and oxygen atoms in total. The van der Waals surface area contributed by atoms with Crippen molar-refractivity contribution in [3.8, 4) is 0 Å². The van der Waals surface area contributed by atoms with Crippen molar-refractivity contribution in [1.82, 2.24) is 15.5 Å². The molecule has 2 heterocycles. The number of piperidine rings is 1. The molecule has 1 saturated carbocycles. The molecule has 3 rings (SSSR count). The normalized spacial score (nSPS) is 37.3. The highest BCUT2D eigenvalue weighted by molar-refractivity contribution is 5.82. The Bertz CT molecular complexity index is 512. The fourth-order valence-electron chi connectivity index (χ4n) is 5.16. The number of likely N-dealkylation sites (tertiary alicyclic amines) is 1. The van der Waals surface area contributed by atoms with Crippen molar-refractivity contribution in [1.29, 1.82) is 0 Å². The second kappa shape index (κ2) is 8.70. The fourth-order valence-corrected chi connectivity index (χ4v) is 5.16. The van der Waals surface area contributed by atoms with E-state index in [0.29, 0.717) is 30.8 Å². The Morgan fingerprint density at radius 3 is 2.69 bits per heavy atom. The van der Waals surface area contributed by atoms with E-state index in [0.717, 1.165) is 32.4 Å². The van der Waals surface area contributed by atoms with E-state index in [4.69, 9.17) is 5.73 Å². The Hall–Kier alpha value is -1.14. The second-order valence-corrected chi connectivity index (χ2v) is 8.76. The predicted octanol–water partition coefficient (Wildman–Crippen LogP) is 1.25. The average molecular weight is 365 g/mol. The van der Waals surface area contributed by atoms with Crippen molar-refractivity contribution >= 4 is 11.8 Å². The lowest BCUT2D eigenvalue weighted by Gasteiger charge is -2.37. The van der Waals surface area contributed by atoms with E-state index >= 15 is 0 Å². The molecule has 0 bridgehead atoms. The smallest absolute Gasteiger partial charge is 0.237 e. The number of hydrogen-bond acceptors (Lipinski definition) is 4. The molecule has 1 aliphatic carbocycles. The summed E-state index contributed by atoms with van der Waals surface area (Å²) in [5, 5.41) is 6.89. The van der Waals surface area contributed by atoms with Gasteiger partial charge in [-0.2, -0.15) is 0 Å². The number of hydrogen-bond donors (Lipinski definition) is 3. The van der Waals surface area contributed by atoms with Crippen molar-refractivity contribution in [2.75, 3.05) is 19.6 Å². The maximum Gasteiger partial charge on any atom is 0.237 e. The van der Waals surface area contributed by atoms with E-state index in [1.54, 1.807) is 0 Å². The van der Waals surface area contributed by atoms with E-state index in [2.05, 4.69) is 24.5 Å². The second-order valence-electron chi connectivity index (χ2n) is 8.76. The van der Waals surface area contributed by atoms with Crippen molar-refractivity contribution in [3.63, 3.8) is 0 Å². The molecule has 148 valence electrons. The number of nitrogens with two attached hydrogens (primary N) is 1. The summed E-state index contributed by atoms with van der Waals surface area (Å²) in [5.41, 5.74) is 5.50. The molecule has 0 spiro atoms. The molecule has 0 aromatic carbocycles. The third-order valence-corrected chi connectivity index (χ3v) is 6.78. The first-order valence-corrected chi connectivity index (χ1v) is 10.5. The van der Waals surface area contributed by atoms with E-state index < -0.39 is 0 Å². The molecule has 6 heteroatoms. The highest BCUT2D eigenvalue weighted by atomic mass is 16.2. The van der Waals surface area contributed by atoms with Gasteiger partial charge in [0.05, 0.1) is 6.04 Å². The molecule has 4 N–H and O–H groups in total. The summed E-state index contributed by atoms with van der Waals surface area (Å²) in [6.07, 6.45) is 6.93. The van der Waals surface area contributed by atoms with Gasteiger partial charge in [-0.25, -0.2) is 0 Å². The van der Waals surface area contributed by atoms with Crippen LogP contribution in [0.25, 0.3) is 0 Å². The van der Waals surface area contributed by atoms with Crippen LogP contribution in [0.1, 0.15) is 58.8 Å². The highest BCUT2D eigenvalue weighted by Gasteiger charge is 2.42. The van der Waals surface area contributed by atoms with Crippen molar-refractivity contribution in [3.05, 3.63) is 0 Å². The summed E-state index contributed by atoms with van der Waals surface area (Å²) in [7, 11) is 0. The summed E-state index contributed by atoms with van der Waals surface area (Å²) in [5.74, 6) is 1.98. The highest BCUT2D eigenvalue weighted by Crippen LogP contribution is 2.36. The van der Waals surface area contributed by atoms with Crippen LogP contribution in [0.2, 0.25) is 0 Å². The Labute approximate surface area is 157 Å². The van der Waals surface area contributed by atoms with Crippen LogP contribution in [0.4, 0.5) is 0 Å². The summed E-state index contributed by atoms with van der Waals surface area (Å²) < 4.78 is 0. The lowest BCUT2D eigenvalue weighted by Crippen LogP contribution is -2.54. The SMILES string of the molecule is CC1CCCC2CC(C(=O)N[C@H]3CCN(C(=O)CCCN)C[C@H]3C)NC12.